The van der Waals surface area contributed by atoms with E-state index in [0.29, 0.717) is 23.1 Å². The summed E-state index contributed by atoms with van der Waals surface area (Å²) in [6.07, 6.45) is -0.447. The largest absolute Gasteiger partial charge is 0.449 e. The number of rotatable bonds is 13. The molecule has 0 radical (unpaired) electrons. The molecule has 0 saturated carbocycles. The maximum Gasteiger partial charge on any atom is 0.407 e. The third-order valence-corrected chi connectivity index (χ3v) is 9.04. The zero-order chi connectivity index (χ0) is 36.8. The van der Waals surface area contributed by atoms with Crippen molar-refractivity contribution in [2.45, 2.75) is 51.1 Å². The van der Waals surface area contributed by atoms with Gasteiger partial charge in [-0.1, -0.05) is 92.7 Å². The van der Waals surface area contributed by atoms with Gasteiger partial charge in [0.05, 0.1) is 6.42 Å². The van der Waals surface area contributed by atoms with E-state index in [4.69, 9.17) is 14.9 Å². The number of primary amides is 1. The van der Waals surface area contributed by atoms with E-state index in [1.165, 1.54) is 12.1 Å². The fourth-order valence-electron chi connectivity index (χ4n) is 6.69. The molecule has 11 heteroatoms. The molecule has 5 N–H and O–H groups in total. The van der Waals surface area contributed by atoms with Crippen LogP contribution in [0.15, 0.2) is 112 Å². The highest BCUT2D eigenvalue weighted by Crippen LogP contribution is 2.44. The molecule has 4 amide bonds. The number of anilines is 1. The van der Waals surface area contributed by atoms with Crippen molar-refractivity contribution >= 4 is 40.5 Å². The summed E-state index contributed by atoms with van der Waals surface area (Å²) in [7, 11) is 0. The minimum Gasteiger partial charge on any atom is -0.449 e. The number of hydrogen-bond acceptors (Lipinski definition) is 7. The molecule has 1 aliphatic carbocycles. The van der Waals surface area contributed by atoms with Crippen molar-refractivity contribution in [1.82, 2.24) is 10.6 Å². The molecule has 0 unspecified atom stereocenters. The van der Waals surface area contributed by atoms with Crippen LogP contribution >= 0.6 is 0 Å². The summed E-state index contributed by atoms with van der Waals surface area (Å²) in [6.45, 7) is 3.93. The lowest BCUT2D eigenvalue weighted by Crippen LogP contribution is -2.53. The normalized spacial score (nSPS) is 13.1. The van der Waals surface area contributed by atoms with Gasteiger partial charge in [-0.05, 0) is 57.9 Å². The van der Waals surface area contributed by atoms with Crippen molar-refractivity contribution in [3.63, 3.8) is 0 Å². The van der Waals surface area contributed by atoms with E-state index in [1.807, 2.05) is 80.6 Å². The molecule has 4 aromatic carbocycles. The third-order valence-electron chi connectivity index (χ3n) is 9.04. The van der Waals surface area contributed by atoms with Gasteiger partial charge in [-0.15, -0.1) is 0 Å². The van der Waals surface area contributed by atoms with Gasteiger partial charge in [0.2, 0.25) is 17.7 Å². The summed E-state index contributed by atoms with van der Waals surface area (Å²) in [5.74, 6) is -1.80. The van der Waals surface area contributed by atoms with Crippen LogP contribution < -0.4 is 27.3 Å². The number of carbonyl (C=O) groups is 4. The monoisotopic (exact) mass is 700 g/mol. The second kappa shape index (κ2) is 15.8. The Hall–Kier alpha value is -6.23. The average molecular weight is 701 g/mol. The maximum absolute atomic E-state index is 13.9. The molecule has 1 aliphatic rings. The standard InChI is InChI=1S/C41H40N4O7/c1-24(2)18-34(39(48)43-27-16-17-28-26(20-37(42)46)21-38(47)52-36(28)22-27)44-40(49)35(19-25-10-4-3-5-11-25)45-41(50)51-23-33-31-14-8-6-12-29(31)30-13-7-9-15-32(30)33/h3-17,21-22,24,33-35H,18-20,23H2,1-2H3,(H2,42,46)(H,43,48)(H,44,49)(H,45,50)/t34-,35+/m1/s1. The van der Waals surface area contributed by atoms with Crippen LogP contribution in [-0.2, 0) is 32.0 Å². The number of benzene rings is 4. The Bertz CT molecular complexity index is 2130. The minimum atomic E-state index is -1.06. The lowest BCUT2D eigenvalue weighted by molar-refractivity contribution is -0.128. The van der Waals surface area contributed by atoms with Crippen LogP contribution in [0, 0.1) is 5.92 Å². The molecule has 1 heterocycles. The quantitative estimate of drug-likeness (QED) is 0.119. The van der Waals surface area contributed by atoms with Crippen LogP contribution in [0.4, 0.5) is 10.5 Å². The van der Waals surface area contributed by atoms with Crippen molar-refractivity contribution in [2.75, 3.05) is 11.9 Å². The van der Waals surface area contributed by atoms with Crippen LogP contribution in [0.3, 0.4) is 0 Å². The van der Waals surface area contributed by atoms with Gasteiger partial charge in [-0.3, -0.25) is 14.4 Å². The first-order chi connectivity index (χ1) is 25.0. The highest BCUT2D eigenvalue weighted by molar-refractivity contribution is 6.00. The first kappa shape index (κ1) is 35.6. The number of alkyl carbamates (subject to hydrolysis) is 1. The van der Waals surface area contributed by atoms with Gasteiger partial charge >= 0.3 is 11.7 Å². The summed E-state index contributed by atoms with van der Waals surface area (Å²) >= 11 is 0. The Kier molecular flexibility index (Phi) is 10.8. The molecule has 0 fully saturated rings. The Balaban J connectivity index is 1.17. The number of nitrogens with two attached hydrogens (primary N) is 1. The predicted molar refractivity (Wildman–Crippen MR) is 198 cm³/mol. The van der Waals surface area contributed by atoms with Gasteiger partial charge in [0, 0.05) is 35.5 Å². The molecule has 5 aromatic rings. The molecular weight excluding hydrogens is 660 g/mol. The second-order valence-corrected chi connectivity index (χ2v) is 13.3. The molecule has 0 spiro atoms. The molecule has 266 valence electrons. The number of nitrogens with one attached hydrogen (secondary N) is 3. The fourth-order valence-corrected chi connectivity index (χ4v) is 6.69. The summed E-state index contributed by atoms with van der Waals surface area (Å²) in [4.78, 5) is 64.6. The van der Waals surface area contributed by atoms with E-state index in [1.54, 1.807) is 12.1 Å². The number of hydrogen-bond donors (Lipinski definition) is 4. The maximum atomic E-state index is 13.9. The lowest BCUT2D eigenvalue weighted by atomic mass is 9.98. The van der Waals surface area contributed by atoms with Crippen LogP contribution in [0.5, 0.6) is 0 Å². The van der Waals surface area contributed by atoms with Gasteiger partial charge in [0.1, 0.15) is 24.3 Å². The van der Waals surface area contributed by atoms with Crippen LogP contribution in [0.2, 0.25) is 0 Å². The smallest absolute Gasteiger partial charge is 0.407 e. The number of fused-ring (bicyclic) bond motifs is 4. The van der Waals surface area contributed by atoms with Gasteiger partial charge in [-0.25, -0.2) is 9.59 Å². The van der Waals surface area contributed by atoms with Gasteiger partial charge in [0.15, 0.2) is 0 Å². The predicted octanol–water partition coefficient (Wildman–Crippen LogP) is 5.44. The first-order valence-electron chi connectivity index (χ1n) is 17.2. The summed E-state index contributed by atoms with van der Waals surface area (Å²) in [6, 6.07) is 29.2. The van der Waals surface area contributed by atoms with Crippen LogP contribution in [0.1, 0.15) is 48.4 Å². The molecule has 6 rings (SSSR count). The van der Waals surface area contributed by atoms with Crippen molar-refractivity contribution < 1.29 is 28.3 Å². The number of amides is 4. The van der Waals surface area contributed by atoms with E-state index >= 15 is 0 Å². The molecule has 1 aromatic heterocycles. The van der Waals surface area contributed by atoms with Crippen molar-refractivity contribution in [3.8, 4) is 11.1 Å². The minimum absolute atomic E-state index is 0.0182. The van der Waals surface area contributed by atoms with Crippen molar-refractivity contribution in [2.24, 2.45) is 11.7 Å². The second-order valence-electron chi connectivity index (χ2n) is 13.3. The third kappa shape index (κ3) is 8.38. The van der Waals surface area contributed by atoms with E-state index in [-0.39, 0.29) is 36.9 Å². The SMILES string of the molecule is CC(C)C[C@@H](NC(=O)[C@H](Cc1ccccc1)NC(=O)OCC1c2ccccc2-c2ccccc21)C(=O)Nc1ccc2c(CC(N)=O)cc(=O)oc2c1. The summed E-state index contributed by atoms with van der Waals surface area (Å²) in [5, 5.41) is 8.91. The Labute approximate surface area is 300 Å². The Morgan fingerprint density at radius 2 is 1.44 bits per heavy atom. The number of ether oxygens (including phenoxy) is 1. The lowest BCUT2D eigenvalue weighted by Gasteiger charge is -2.24. The van der Waals surface area contributed by atoms with E-state index in [0.717, 1.165) is 27.8 Å². The molecular formula is C41H40N4O7. The van der Waals surface area contributed by atoms with Crippen molar-refractivity contribution in [3.05, 3.63) is 136 Å². The number of carbonyl (C=O) groups excluding carboxylic acids is 4. The highest BCUT2D eigenvalue weighted by atomic mass is 16.5. The molecule has 52 heavy (non-hydrogen) atoms. The molecule has 0 aliphatic heterocycles. The molecule has 0 bridgehead atoms. The topological polar surface area (TPSA) is 170 Å². The summed E-state index contributed by atoms with van der Waals surface area (Å²) in [5.41, 5.74) is 10.7. The van der Waals surface area contributed by atoms with Gasteiger partial charge in [-0.2, -0.15) is 0 Å². The average Bonchev–Trinajstić information content (AvgIpc) is 3.43. The fraction of sp³-hybridized carbons (Fsp3) is 0.244. The molecule has 2 atom stereocenters. The Morgan fingerprint density at radius 1 is 0.788 bits per heavy atom. The van der Waals surface area contributed by atoms with E-state index in [2.05, 4.69) is 28.1 Å². The van der Waals surface area contributed by atoms with Crippen LogP contribution in [0.25, 0.3) is 22.1 Å². The van der Waals surface area contributed by atoms with Gasteiger partial charge in [0.25, 0.3) is 0 Å². The Morgan fingerprint density at radius 3 is 2.10 bits per heavy atom. The summed E-state index contributed by atoms with van der Waals surface area (Å²) < 4.78 is 11.1. The first-order valence-corrected chi connectivity index (χ1v) is 17.2. The van der Waals surface area contributed by atoms with E-state index < -0.39 is 41.5 Å². The van der Waals surface area contributed by atoms with Crippen LogP contribution in [-0.4, -0.2) is 42.5 Å². The van der Waals surface area contributed by atoms with E-state index in [9.17, 15) is 24.0 Å². The van der Waals surface area contributed by atoms with Crippen molar-refractivity contribution in [1.29, 1.82) is 0 Å². The molecule has 11 nitrogen and oxygen atoms in total. The zero-order valence-corrected chi connectivity index (χ0v) is 28.9. The van der Waals surface area contributed by atoms with Gasteiger partial charge < -0.3 is 30.8 Å². The molecule has 0 saturated heterocycles. The highest BCUT2D eigenvalue weighted by Gasteiger charge is 2.31. The zero-order valence-electron chi connectivity index (χ0n) is 28.9.